The molecule has 28 heavy (non-hydrogen) atoms. The number of amides is 1. The van der Waals surface area contributed by atoms with Crippen LogP contribution in [-0.4, -0.2) is 49.4 Å². The SMILES string of the molecule is CCCC(=O)N1CCCCC1c1cc2nc3c(c(=O)n2[nH]1)CCN(C(C)C)C3. The van der Waals surface area contributed by atoms with Crippen molar-refractivity contribution in [3.05, 3.63) is 33.4 Å². The molecule has 0 saturated carbocycles. The summed E-state index contributed by atoms with van der Waals surface area (Å²) in [4.78, 5) is 34.8. The van der Waals surface area contributed by atoms with Crippen molar-refractivity contribution in [1.29, 1.82) is 0 Å². The highest BCUT2D eigenvalue weighted by Gasteiger charge is 2.30. The van der Waals surface area contributed by atoms with E-state index in [1.807, 2.05) is 17.9 Å². The molecule has 0 aliphatic carbocycles. The number of hydrogen-bond acceptors (Lipinski definition) is 4. The molecule has 2 aromatic heterocycles. The van der Waals surface area contributed by atoms with Crippen molar-refractivity contribution < 1.29 is 4.79 Å². The third-order valence-corrected chi connectivity index (χ3v) is 6.19. The first-order chi connectivity index (χ1) is 13.5. The minimum absolute atomic E-state index is 0.0110. The molecule has 0 aromatic carbocycles. The molecule has 7 nitrogen and oxygen atoms in total. The van der Waals surface area contributed by atoms with E-state index in [1.54, 1.807) is 4.52 Å². The molecule has 4 rings (SSSR count). The van der Waals surface area contributed by atoms with Crippen molar-refractivity contribution in [2.45, 2.75) is 77.9 Å². The van der Waals surface area contributed by atoms with E-state index >= 15 is 0 Å². The number of aromatic nitrogens is 3. The van der Waals surface area contributed by atoms with Crippen molar-refractivity contribution in [3.8, 4) is 0 Å². The number of fused-ring (bicyclic) bond motifs is 2. The van der Waals surface area contributed by atoms with Crippen LogP contribution in [0.15, 0.2) is 10.9 Å². The van der Waals surface area contributed by atoms with E-state index in [0.717, 1.165) is 68.7 Å². The highest BCUT2D eigenvalue weighted by molar-refractivity contribution is 5.76. The summed E-state index contributed by atoms with van der Waals surface area (Å²) in [6.07, 6.45) is 5.24. The number of hydrogen-bond donors (Lipinski definition) is 1. The number of nitrogens with one attached hydrogen (secondary N) is 1. The third-order valence-electron chi connectivity index (χ3n) is 6.19. The Kier molecular flexibility index (Phi) is 5.27. The monoisotopic (exact) mass is 385 g/mol. The van der Waals surface area contributed by atoms with Crippen LogP contribution in [0.25, 0.3) is 5.65 Å². The standard InChI is InChI=1S/C21H31N5O2/c1-4-7-20(27)25-10-6-5-8-18(25)16-12-19-22-17-13-24(14(2)3)11-9-15(17)21(28)26(19)23-16/h12,14,18,23H,4-11,13H2,1-3H3. The molecule has 0 spiro atoms. The van der Waals surface area contributed by atoms with Gasteiger partial charge in [0.25, 0.3) is 5.56 Å². The highest BCUT2D eigenvalue weighted by atomic mass is 16.2. The number of rotatable bonds is 4. The van der Waals surface area contributed by atoms with Gasteiger partial charge in [0, 0.05) is 43.7 Å². The molecule has 1 N–H and O–H groups in total. The quantitative estimate of drug-likeness (QED) is 0.878. The van der Waals surface area contributed by atoms with Gasteiger partial charge in [-0.2, -0.15) is 0 Å². The lowest BCUT2D eigenvalue weighted by molar-refractivity contribution is -0.135. The molecule has 1 atom stereocenters. The number of H-pyrrole nitrogens is 1. The van der Waals surface area contributed by atoms with Crippen LogP contribution in [0.1, 0.15) is 75.9 Å². The summed E-state index contributed by atoms with van der Waals surface area (Å²) in [5, 5.41) is 3.28. The number of piperidine rings is 1. The Labute approximate surface area is 165 Å². The fraction of sp³-hybridized carbons (Fsp3) is 0.667. The fourth-order valence-corrected chi connectivity index (χ4v) is 4.55. The predicted molar refractivity (Wildman–Crippen MR) is 108 cm³/mol. The summed E-state index contributed by atoms with van der Waals surface area (Å²) in [7, 11) is 0. The Morgan fingerprint density at radius 3 is 2.89 bits per heavy atom. The molecule has 2 aliphatic heterocycles. The van der Waals surface area contributed by atoms with Crippen LogP contribution >= 0.6 is 0 Å². The average molecular weight is 386 g/mol. The van der Waals surface area contributed by atoms with Crippen molar-refractivity contribution in [2.24, 2.45) is 0 Å². The zero-order valence-electron chi connectivity index (χ0n) is 17.2. The van der Waals surface area contributed by atoms with Crippen LogP contribution in [0.5, 0.6) is 0 Å². The van der Waals surface area contributed by atoms with Crippen LogP contribution < -0.4 is 5.56 Å². The van der Waals surface area contributed by atoms with Crippen molar-refractivity contribution >= 4 is 11.6 Å². The average Bonchev–Trinajstić information content (AvgIpc) is 3.12. The van der Waals surface area contributed by atoms with Gasteiger partial charge in [-0.05, 0) is 46.0 Å². The lowest BCUT2D eigenvalue weighted by Gasteiger charge is -2.35. The normalized spacial score (nSPS) is 20.7. The lowest BCUT2D eigenvalue weighted by Crippen LogP contribution is -2.40. The summed E-state index contributed by atoms with van der Waals surface area (Å²) in [6, 6.07) is 2.42. The lowest BCUT2D eigenvalue weighted by atomic mass is 9.98. The summed E-state index contributed by atoms with van der Waals surface area (Å²) in [5.41, 5.74) is 3.33. The topological polar surface area (TPSA) is 73.7 Å². The van der Waals surface area contributed by atoms with Crippen LogP contribution in [0, 0.1) is 0 Å². The van der Waals surface area contributed by atoms with E-state index in [0.29, 0.717) is 18.1 Å². The molecule has 1 amide bonds. The van der Waals surface area contributed by atoms with E-state index in [1.165, 1.54) is 0 Å². The van der Waals surface area contributed by atoms with E-state index < -0.39 is 0 Å². The Bertz CT molecular complexity index is 929. The maximum absolute atomic E-state index is 13.1. The van der Waals surface area contributed by atoms with Gasteiger partial charge < -0.3 is 4.90 Å². The van der Waals surface area contributed by atoms with Crippen LogP contribution in [0.3, 0.4) is 0 Å². The van der Waals surface area contributed by atoms with Gasteiger partial charge >= 0.3 is 0 Å². The minimum atomic E-state index is 0.0110. The minimum Gasteiger partial charge on any atom is -0.334 e. The summed E-state index contributed by atoms with van der Waals surface area (Å²) < 4.78 is 1.58. The summed E-state index contributed by atoms with van der Waals surface area (Å²) in [6.45, 7) is 8.80. The third kappa shape index (κ3) is 3.36. The molecule has 2 aromatic rings. The first-order valence-electron chi connectivity index (χ1n) is 10.7. The van der Waals surface area contributed by atoms with Crippen LogP contribution in [-0.2, 0) is 17.8 Å². The van der Waals surface area contributed by atoms with Gasteiger partial charge in [-0.3, -0.25) is 19.6 Å². The first-order valence-corrected chi connectivity index (χ1v) is 10.7. The Morgan fingerprint density at radius 1 is 1.32 bits per heavy atom. The summed E-state index contributed by atoms with van der Waals surface area (Å²) >= 11 is 0. The van der Waals surface area contributed by atoms with Crippen molar-refractivity contribution in [3.63, 3.8) is 0 Å². The van der Waals surface area contributed by atoms with E-state index in [2.05, 4.69) is 23.8 Å². The molecular weight excluding hydrogens is 354 g/mol. The molecule has 2 aliphatic rings. The number of likely N-dealkylation sites (tertiary alicyclic amines) is 1. The fourth-order valence-electron chi connectivity index (χ4n) is 4.55. The van der Waals surface area contributed by atoms with Gasteiger partial charge in [0.1, 0.15) is 0 Å². The molecule has 1 unspecified atom stereocenters. The molecule has 1 fully saturated rings. The van der Waals surface area contributed by atoms with Crippen molar-refractivity contribution in [2.75, 3.05) is 13.1 Å². The van der Waals surface area contributed by atoms with E-state index in [4.69, 9.17) is 4.98 Å². The maximum Gasteiger partial charge on any atom is 0.276 e. The van der Waals surface area contributed by atoms with Crippen LogP contribution in [0.4, 0.5) is 0 Å². The Hall–Kier alpha value is -2.15. The first kappa shape index (κ1) is 19.2. The largest absolute Gasteiger partial charge is 0.334 e. The Morgan fingerprint density at radius 2 is 2.14 bits per heavy atom. The van der Waals surface area contributed by atoms with Crippen molar-refractivity contribution in [1.82, 2.24) is 24.4 Å². The van der Waals surface area contributed by atoms with E-state index in [-0.39, 0.29) is 17.5 Å². The van der Waals surface area contributed by atoms with Gasteiger partial charge in [-0.25, -0.2) is 9.50 Å². The number of carbonyl (C=O) groups is 1. The number of nitrogens with zero attached hydrogens (tertiary/aromatic N) is 4. The molecule has 1 saturated heterocycles. The zero-order chi connectivity index (χ0) is 19.8. The highest BCUT2D eigenvalue weighted by Crippen LogP contribution is 2.31. The second-order valence-electron chi connectivity index (χ2n) is 8.41. The van der Waals surface area contributed by atoms with E-state index in [9.17, 15) is 9.59 Å². The molecule has 4 heterocycles. The second kappa shape index (κ2) is 7.70. The molecule has 7 heteroatoms. The summed E-state index contributed by atoms with van der Waals surface area (Å²) in [5.74, 6) is 0.207. The van der Waals surface area contributed by atoms with Gasteiger partial charge in [0.05, 0.1) is 17.4 Å². The molecule has 152 valence electrons. The number of carbonyl (C=O) groups excluding carboxylic acids is 1. The van der Waals surface area contributed by atoms with Gasteiger partial charge in [0.2, 0.25) is 5.91 Å². The Balaban J connectivity index is 1.71. The number of aromatic amines is 1. The van der Waals surface area contributed by atoms with Gasteiger partial charge in [-0.15, -0.1) is 0 Å². The predicted octanol–water partition coefficient (Wildman–Crippen LogP) is 2.64. The molecular formula is C21H31N5O2. The maximum atomic E-state index is 13.1. The second-order valence-corrected chi connectivity index (χ2v) is 8.41. The van der Waals surface area contributed by atoms with Gasteiger partial charge in [0.15, 0.2) is 5.65 Å². The smallest absolute Gasteiger partial charge is 0.276 e. The van der Waals surface area contributed by atoms with Crippen LogP contribution in [0.2, 0.25) is 0 Å². The zero-order valence-corrected chi connectivity index (χ0v) is 17.2. The van der Waals surface area contributed by atoms with Gasteiger partial charge in [-0.1, -0.05) is 6.92 Å². The molecule has 0 radical (unpaired) electrons. The molecule has 0 bridgehead atoms.